The third kappa shape index (κ3) is 20.9. The number of rotatable bonds is 18. The van der Waals surface area contributed by atoms with E-state index in [0.717, 1.165) is 19.3 Å². The van der Waals surface area contributed by atoms with Crippen molar-refractivity contribution in [2.75, 3.05) is 6.61 Å². The van der Waals surface area contributed by atoms with Crippen molar-refractivity contribution in [3.05, 3.63) is 24.3 Å². The fourth-order valence-electron chi connectivity index (χ4n) is 2.72. The number of carbonyl (C=O) groups is 1. The number of hydrogen-bond donors (Lipinski definition) is 0. The maximum absolute atomic E-state index is 11.5. The monoisotopic (exact) mass is 350 g/mol. The van der Waals surface area contributed by atoms with Crippen LogP contribution in [0.3, 0.4) is 0 Å². The van der Waals surface area contributed by atoms with Gasteiger partial charge >= 0.3 is 5.97 Å². The Morgan fingerprint density at radius 2 is 1.28 bits per heavy atom. The second kappa shape index (κ2) is 21.0. The largest absolute Gasteiger partial charge is 0.466 e. The zero-order valence-electron chi connectivity index (χ0n) is 16.9. The summed E-state index contributed by atoms with van der Waals surface area (Å²) in [5, 5.41) is 0. The maximum Gasteiger partial charge on any atom is 0.305 e. The van der Waals surface area contributed by atoms with E-state index in [1.807, 2.05) is 0 Å². The Bertz CT molecular complexity index is 331. The standard InChI is InChI=1S/C23H42O2/c1-3-5-7-9-10-11-12-13-14-15-16-17-18-20-22-25-23(24)21-19-8-6-4-2/h7,9-11H,3-6,8,12-22H2,1-2H3/b9-7-,11-10+. The quantitative estimate of drug-likeness (QED) is 0.145. The molecule has 0 rings (SSSR count). The second-order valence-corrected chi connectivity index (χ2v) is 6.94. The molecule has 0 aromatic carbocycles. The highest BCUT2D eigenvalue weighted by molar-refractivity contribution is 5.69. The van der Waals surface area contributed by atoms with Crippen LogP contribution in [0.2, 0.25) is 0 Å². The molecule has 2 nitrogen and oxygen atoms in total. The molecular weight excluding hydrogens is 308 g/mol. The molecule has 0 N–H and O–H groups in total. The molecule has 0 amide bonds. The predicted octanol–water partition coefficient (Wildman–Crippen LogP) is 7.53. The molecule has 0 heterocycles. The predicted molar refractivity (Wildman–Crippen MR) is 110 cm³/mol. The summed E-state index contributed by atoms with van der Waals surface area (Å²) < 4.78 is 5.28. The van der Waals surface area contributed by atoms with E-state index in [4.69, 9.17) is 4.74 Å². The van der Waals surface area contributed by atoms with Gasteiger partial charge < -0.3 is 4.74 Å². The van der Waals surface area contributed by atoms with Crippen LogP contribution < -0.4 is 0 Å². The Morgan fingerprint density at radius 3 is 1.96 bits per heavy atom. The van der Waals surface area contributed by atoms with Crippen molar-refractivity contribution < 1.29 is 9.53 Å². The minimum atomic E-state index is -0.00584. The van der Waals surface area contributed by atoms with Crippen LogP contribution in [0.25, 0.3) is 0 Å². The summed E-state index contributed by atoms with van der Waals surface area (Å²) in [7, 11) is 0. The van der Waals surface area contributed by atoms with Gasteiger partial charge in [-0.25, -0.2) is 0 Å². The first-order chi connectivity index (χ1) is 12.3. The highest BCUT2D eigenvalue weighted by Crippen LogP contribution is 2.09. The van der Waals surface area contributed by atoms with Gasteiger partial charge in [-0.05, 0) is 32.1 Å². The minimum absolute atomic E-state index is 0.00584. The molecule has 146 valence electrons. The van der Waals surface area contributed by atoms with Gasteiger partial charge in [-0.2, -0.15) is 0 Å². The molecule has 0 aliphatic heterocycles. The van der Waals surface area contributed by atoms with Gasteiger partial charge in [0, 0.05) is 6.42 Å². The van der Waals surface area contributed by atoms with E-state index in [0.29, 0.717) is 13.0 Å². The van der Waals surface area contributed by atoms with Crippen LogP contribution in [0.5, 0.6) is 0 Å². The third-order valence-electron chi connectivity index (χ3n) is 4.35. The van der Waals surface area contributed by atoms with Gasteiger partial charge in [-0.3, -0.25) is 4.79 Å². The van der Waals surface area contributed by atoms with Crippen molar-refractivity contribution in [1.29, 1.82) is 0 Å². The summed E-state index contributed by atoms with van der Waals surface area (Å²) in [5.74, 6) is -0.00584. The number of hydrogen-bond acceptors (Lipinski definition) is 2. The molecule has 25 heavy (non-hydrogen) atoms. The first-order valence-electron chi connectivity index (χ1n) is 10.8. The van der Waals surface area contributed by atoms with Crippen molar-refractivity contribution >= 4 is 5.97 Å². The van der Waals surface area contributed by atoms with Gasteiger partial charge in [-0.15, -0.1) is 0 Å². The summed E-state index contributed by atoms with van der Waals surface area (Å²) >= 11 is 0. The number of ether oxygens (including phenoxy) is 1. The molecule has 0 aliphatic carbocycles. The van der Waals surface area contributed by atoms with E-state index < -0.39 is 0 Å². The second-order valence-electron chi connectivity index (χ2n) is 6.94. The number of unbranched alkanes of at least 4 members (excludes halogenated alkanes) is 11. The Kier molecular flexibility index (Phi) is 20.1. The molecule has 0 fully saturated rings. The Balaban J connectivity index is 3.19. The fourth-order valence-corrected chi connectivity index (χ4v) is 2.72. The smallest absolute Gasteiger partial charge is 0.305 e. The summed E-state index contributed by atoms with van der Waals surface area (Å²) in [6.45, 7) is 5.00. The third-order valence-corrected chi connectivity index (χ3v) is 4.35. The van der Waals surface area contributed by atoms with Crippen molar-refractivity contribution in [1.82, 2.24) is 0 Å². The van der Waals surface area contributed by atoms with E-state index in [1.165, 1.54) is 70.6 Å². The maximum atomic E-state index is 11.5. The lowest BCUT2D eigenvalue weighted by Crippen LogP contribution is -2.05. The molecule has 0 aromatic heterocycles. The van der Waals surface area contributed by atoms with E-state index >= 15 is 0 Å². The van der Waals surface area contributed by atoms with Gasteiger partial charge in [0.2, 0.25) is 0 Å². The lowest BCUT2D eigenvalue weighted by atomic mass is 10.1. The van der Waals surface area contributed by atoms with Gasteiger partial charge in [0.05, 0.1) is 6.61 Å². The van der Waals surface area contributed by atoms with Crippen LogP contribution in [-0.4, -0.2) is 12.6 Å². The van der Waals surface area contributed by atoms with E-state index in [9.17, 15) is 4.79 Å². The number of esters is 1. The normalized spacial score (nSPS) is 11.6. The molecule has 0 aromatic rings. The molecule has 0 unspecified atom stereocenters. The Morgan fingerprint density at radius 1 is 0.680 bits per heavy atom. The van der Waals surface area contributed by atoms with E-state index in [2.05, 4.69) is 38.2 Å². The molecule has 2 heteroatoms. The van der Waals surface area contributed by atoms with Gasteiger partial charge in [0.15, 0.2) is 0 Å². The van der Waals surface area contributed by atoms with Crippen LogP contribution >= 0.6 is 0 Å². The van der Waals surface area contributed by atoms with Gasteiger partial charge in [0.1, 0.15) is 0 Å². The summed E-state index contributed by atoms with van der Waals surface area (Å²) in [4.78, 5) is 11.5. The zero-order valence-corrected chi connectivity index (χ0v) is 16.9. The molecule has 0 atom stereocenters. The molecular formula is C23H42O2. The summed E-state index contributed by atoms with van der Waals surface area (Å²) in [6, 6.07) is 0. The lowest BCUT2D eigenvalue weighted by molar-refractivity contribution is -0.143. The highest BCUT2D eigenvalue weighted by atomic mass is 16.5. The fraction of sp³-hybridized carbons (Fsp3) is 0.783. The molecule has 0 radical (unpaired) electrons. The van der Waals surface area contributed by atoms with Crippen molar-refractivity contribution in [2.24, 2.45) is 0 Å². The van der Waals surface area contributed by atoms with Crippen molar-refractivity contribution in [3.8, 4) is 0 Å². The topological polar surface area (TPSA) is 26.3 Å². The minimum Gasteiger partial charge on any atom is -0.466 e. The summed E-state index contributed by atoms with van der Waals surface area (Å²) in [5.41, 5.74) is 0. The average molecular weight is 351 g/mol. The average Bonchev–Trinajstić information content (AvgIpc) is 2.62. The lowest BCUT2D eigenvalue weighted by Gasteiger charge is -2.05. The molecule has 0 saturated carbocycles. The highest BCUT2D eigenvalue weighted by Gasteiger charge is 2.01. The summed E-state index contributed by atoms with van der Waals surface area (Å²) in [6.07, 6.45) is 26.4. The first-order valence-corrected chi connectivity index (χ1v) is 10.8. The van der Waals surface area contributed by atoms with Gasteiger partial charge in [0.25, 0.3) is 0 Å². The van der Waals surface area contributed by atoms with Crippen molar-refractivity contribution in [2.45, 2.75) is 110 Å². The van der Waals surface area contributed by atoms with Crippen molar-refractivity contribution in [3.63, 3.8) is 0 Å². The molecule has 0 aliphatic rings. The van der Waals surface area contributed by atoms with Crippen LogP contribution in [0.1, 0.15) is 110 Å². The zero-order chi connectivity index (χ0) is 18.4. The van der Waals surface area contributed by atoms with Gasteiger partial charge in [-0.1, -0.05) is 95.9 Å². The van der Waals surface area contributed by atoms with Crippen LogP contribution in [0, 0.1) is 0 Å². The molecule has 0 bridgehead atoms. The van der Waals surface area contributed by atoms with Crippen LogP contribution in [0.4, 0.5) is 0 Å². The van der Waals surface area contributed by atoms with Crippen LogP contribution in [0.15, 0.2) is 24.3 Å². The SMILES string of the molecule is CCC/C=C\C=C\CCCCCCCCCOC(=O)CCCCCC. The molecule has 0 spiro atoms. The number of carbonyl (C=O) groups excluding carboxylic acids is 1. The molecule has 0 saturated heterocycles. The number of allylic oxidation sites excluding steroid dienone is 4. The first kappa shape index (κ1) is 23.9. The van der Waals surface area contributed by atoms with Crippen LogP contribution in [-0.2, 0) is 9.53 Å². The van der Waals surface area contributed by atoms with E-state index in [-0.39, 0.29) is 5.97 Å². The Labute approximate surface area is 157 Å². The van der Waals surface area contributed by atoms with E-state index in [1.54, 1.807) is 0 Å². The Hall–Kier alpha value is -1.05.